The number of hydrogen-bond donors (Lipinski definition) is 2. The fraction of sp³-hybridized carbons (Fsp3) is 1.00. The Morgan fingerprint density at radius 2 is 1.76 bits per heavy atom. The number of aliphatic hydroxyl groups is 1. The molecule has 0 aromatic rings. The van der Waals surface area contributed by atoms with Crippen molar-refractivity contribution < 1.29 is 5.11 Å². The summed E-state index contributed by atoms with van der Waals surface area (Å²) in [7, 11) is 0. The summed E-state index contributed by atoms with van der Waals surface area (Å²) in [6.07, 6.45) is 10.9. The van der Waals surface area contributed by atoms with Gasteiger partial charge < -0.3 is 15.3 Å². The fourth-order valence-corrected chi connectivity index (χ4v) is 4.34. The monoisotopic (exact) mass is 294 g/mol. The van der Waals surface area contributed by atoms with E-state index in [1.54, 1.807) is 0 Å². The van der Waals surface area contributed by atoms with Crippen molar-refractivity contribution >= 4 is 0 Å². The van der Waals surface area contributed by atoms with E-state index < -0.39 is 0 Å². The van der Waals surface area contributed by atoms with Crippen LogP contribution >= 0.6 is 0 Å². The third-order valence-corrected chi connectivity index (χ3v) is 5.99. The summed E-state index contributed by atoms with van der Waals surface area (Å²) in [5.74, 6) is 2.68. The van der Waals surface area contributed by atoms with Crippen LogP contribution in [0.1, 0.15) is 58.3 Å². The summed E-state index contributed by atoms with van der Waals surface area (Å²) in [4.78, 5) is 2.75. The van der Waals surface area contributed by atoms with Gasteiger partial charge in [0.15, 0.2) is 0 Å². The molecule has 0 heterocycles. The van der Waals surface area contributed by atoms with Crippen LogP contribution in [-0.4, -0.2) is 48.3 Å². The lowest BCUT2D eigenvalue weighted by molar-refractivity contribution is 0.111. The zero-order valence-electron chi connectivity index (χ0n) is 13.8. The van der Waals surface area contributed by atoms with Gasteiger partial charge >= 0.3 is 0 Å². The molecule has 3 aliphatic carbocycles. The molecule has 21 heavy (non-hydrogen) atoms. The summed E-state index contributed by atoms with van der Waals surface area (Å²) in [5, 5.41) is 13.5. The Bertz CT molecular complexity index is 313. The van der Waals surface area contributed by atoms with Crippen LogP contribution in [0.2, 0.25) is 0 Å². The summed E-state index contributed by atoms with van der Waals surface area (Å²) in [6.45, 7) is 7.40. The SMILES string of the molecule is CCNC1(CO)CCCC1CCN(CC1CC1)CC1CC1. The summed E-state index contributed by atoms with van der Waals surface area (Å²) in [5.41, 5.74) is 0.0274. The fourth-order valence-electron chi connectivity index (χ4n) is 4.34. The largest absolute Gasteiger partial charge is 0.394 e. The molecule has 2 unspecified atom stereocenters. The third-order valence-electron chi connectivity index (χ3n) is 5.99. The standard InChI is InChI=1S/C18H34N2O/c1-2-19-18(14-21)10-3-4-17(18)9-11-20(12-15-5-6-15)13-16-7-8-16/h15-17,19,21H,2-14H2,1H3. The third kappa shape index (κ3) is 4.20. The van der Waals surface area contributed by atoms with Gasteiger partial charge in [-0.3, -0.25) is 0 Å². The van der Waals surface area contributed by atoms with Crippen molar-refractivity contribution in [3.8, 4) is 0 Å². The average Bonchev–Trinajstić information content (AvgIpc) is 3.40. The van der Waals surface area contributed by atoms with Crippen LogP contribution in [0.15, 0.2) is 0 Å². The molecule has 3 nitrogen and oxygen atoms in total. The zero-order chi connectivity index (χ0) is 14.7. The van der Waals surface area contributed by atoms with Gasteiger partial charge in [-0.05, 0) is 75.8 Å². The van der Waals surface area contributed by atoms with E-state index >= 15 is 0 Å². The van der Waals surface area contributed by atoms with Crippen molar-refractivity contribution in [1.82, 2.24) is 10.2 Å². The smallest absolute Gasteiger partial charge is 0.0616 e. The number of rotatable bonds is 10. The second-order valence-electron chi connectivity index (χ2n) is 7.87. The average molecular weight is 294 g/mol. The molecule has 0 amide bonds. The number of nitrogens with zero attached hydrogens (tertiary/aromatic N) is 1. The van der Waals surface area contributed by atoms with Crippen LogP contribution in [0, 0.1) is 17.8 Å². The highest BCUT2D eigenvalue weighted by Gasteiger charge is 2.41. The van der Waals surface area contributed by atoms with Gasteiger partial charge in [0.2, 0.25) is 0 Å². The maximum Gasteiger partial charge on any atom is 0.0616 e. The van der Waals surface area contributed by atoms with E-state index in [2.05, 4.69) is 17.1 Å². The Labute approximate surface area is 130 Å². The van der Waals surface area contributed by atoms with Crippen LogP contribution in [-0.2, 0) is 0 Å². The van der Waals surface area contributed by atoms with E-state index in [0.717, 1.165) is 24.8 Å². The summed E-state index contributed by atoms with van der Waals surface area (Å²) < 4.78 is 0. The van der Waals surface area contributed by atoms with Gasteiger partial charge in [-0.25, -0.2) is 0 Å². The molecule has 0 aromatic heterocycles. The highest BCUT2D eigenvalue weighted by Crippen LogP contribution is 2.39. The molecule has 0 aliphatic heterocycles. The molecule has 3 aliphatic rings. The topological polar surface area (TPSA) is 35.5 Å². The second-order valence-corrected chi connectivity index (χ2v) is 7.87. The molecule has 2 N–H and O–H groups in total. The minimum absolute atomic E-state index is 0.0274. The van der Waals surface area contributed by atoms with Crippen molar-refractivity contribution in [3.05, 3.63) is 0 Å². The van der Waals surface area contributed by atoms with Crippen molar-refractivity contribution in [2.75, 3.05) is 32.8 Å². The lowest BCUT2D eigenvalue weighted by atomic mass is 9.85. The van der Waals surface area contributed by atoms with Crippen molar-refractivity contribution in [3.63, 3.8) is 0 Å². The molecule has 3 saturated carbocycles. The molecule has 3 rings (SSSR count). The summed E-state index contributed by atoms with van der Waals surface area (Å²) >= 11 is 0. The molecule has 0 saturated heterocycles. The Morgan fingerprint density at radius 3 is 2.29 bits per heavy atom. The van der Waals surface area contributed by atoms with E-state index in [-0.39, 0.29) is 5.54 Å². The van der Waals surface area contributed by atoms with E-state index in [9.17, 15) is 5.11 Å². The maximum atomic E-state index is 9.92. The van der Waals surface area contributed by atoms with Crippen molar-refractivity contribution in [1.29, 1.82) is 0 Å². The number of likely N-dealkylation sites (N-methyl/N-ethyl adjacent to an activating group) is 1. The van der Waals surface area contributed by atoms with Gasteiger partial charge in [-0.1, -0.05) is 13.3 Å². The van der Waals surface area contributed by atoms with Crippen molar-refractivity contribution in [2.45, 2.75) is 63.8 Å². The maximum absolute atomic E-state index is 9.92. The first kappa shape index (κ1) is 15.8. The Balaban J connectivity index is 1.50. The summed E-state index contributed by atoms with van der Waals surface area (Å²) in [6, 6.07) is 0. The zero-order valence-corrected chi connectivity index (χ0v) is 13.8. The highest BCUT2D eigenvalue weighted by atomic mass is 16.3. The van der Waals surface area contributed by atoms with Crippen LogP contribution in [0.4, 0.5) is 0 Å². The minimum Gasteiger partial charge on any atom is -0.394 e. The van der Waals surface area contributed by atoms with Crippen LogP contribution in [0.3, 0.4) is 0 Å². The number of aliphatic hydroxyl groups excluding tert-OH is 1. The van der Waals surface area contributed by atoms with Crippen molar-refractivity contribution in [2.24, 2.45) is 17.8 Å². The molecule has 3 fully saturated rings. The quantitative estimate of drug-likeness (QED) is 0.650. The van der Waals surface area contributed by atoms with Crippen LogP contribution < -0.4 is 5.32 Å². The van der Waals surface area contributed by atoms with Gasteiger partial charge in [0.1, 0.15) is 0 Å². The van der Waals surface area contributed by atoms with Gasteiger partial charge in [0.05, 0.1) is 6.61 Å². The lowest BCUT2D eigenvalue weighted by Gasteiger charge is -2.36. The number of nitrogens with one attached hydrogen (secondary N) is 1. The van der Waals surface area contributed by atoms with E-state index in [4.69, 9.17) is 0 Å². The molecule has 2 atom stereocenters. The second kappa shape index (κ2) is 6.97. The van der Waals surface area contributed by atoms with Gasteiger partial charge in [0.25, 0.3) is 0 Å². The molecule has 0 spiro atoms. The predicted octanol–water partition coefficient (Wildman–Crippen LogP) is 2.64. The van der Waals surface area contributed by atoms with E-state index in [1.807, 2.05) is 0 Å². The molecular formula is C18H34N2O. The van der Waals surface area contributed by atoms with Gasteiger partial charge in [-0.2, -0.15) is 0 Å². The first-order chi connectivity index (χ1) is 10.3. The first-order valence-corrected chi connectivity index (χ1v) is 9.34. The Morgan fingerprint density at radius 1 is 1.10 bits per heavy atom. The molecule has 122 valence electrons. The van der Waals surface area contributed by atoms with Crippen LogP contribution in [0.5, 0.6) is 0 Å². The van der Waals surface area contributed by atoms with Gasteiger partial charge in [-0.15, -0.1) is 0 Å². The Kier molecular flexibility index (Phi) is 5.23. The van der Waals surface area contributed by atoms with E-state index in [1.165, 1.54) is 64.6 Å². The highest BCUT2D eigenvalue weighted by molar-refractivity contribution is 4.99. The Hall–Kier alpha value is -0.120. The lowest BCUT2D eigenvalue weighted by Crippen LogP contribution is -2.52. The van der Waals surface area contributed by atoms with Crippen LogP contribution in [0.25, 0.3) is 0 Å². The normalized spacial score (nSPS) is 33.0. The number of hydrogen-bond acceptors (Lipinski definition) is 3. The molecule has 0 aromatic carbocycles. The molecule has 0 radical (unpaired) electrons. The predicted molar refractivity (Wildman–Crippen MR) is 87.3 cm³/mol. The molecule has 3 heteroatoms. The van der Waals surface area contributed by atoms with Gasteiger partial charge in [0, 0.05) is 18.6 Å². The van der Waals surface area contributed by atoms with E-state index in [0.29, 0.717) is 12.5 Å². The molecular weight excluding hydrogens is 260 g/mol. The first-order valence-electron chi connectivity index (χ1n) is 9.34. The minimum atomic E-state index is 0.0274. The molecule has 0 bridgehead atoms.